The maximum Gasteiger partial charge on any atom is 0.139 e. The van der Waals surface area contributed by atoms with E-state index in [-0.39, 0.29) is 13.2 Å². The van der Waals surface area contributed by atoms with Crippen LogP contribution in [-0.4, -0.2) is 11.7 Å². The maximum absolute atomic E-state index is 13.1. The zero-order valence-corrected chi connectivity index (χ0v) is 7.05. The molecule has 0 spiro atoms. The largest absolute Gasteiger partial charge is 0.392 e. The summed E-state index contributed by atoms with van der Waals surface area (Å²) in [4.78, 5) is 0. The molecule has 0 bridgehead atoms. The highest BCUT2D eigenvalue weighted by Crippen LogP contribution is 2.08. The van der Waals surface area contributed by atoms with Crippen molar-refractivity contribution >= 4 is 0 Å². The Labute approximate surface area is 76.2 Å². The first kappa shape index (κ1) is 9.72. The quantitative estimate of drug-likeness (QED) is 0.621. The Morgan fingerprint density at radius 3 is 2.77 bits per heavy atom. The van der Waals surface area contributed by atoms with E-state index in [0.29, 0.717) is 11.1 Å². The molecule has 0 unspecified atom stereocenters. The zero-order chi connectivity index (χ0) is 9.68. The van der Waals surface area contributed by atoms with Crippen LogP contribution in [0.2, 0.25) is 0 Å². The van der Waals surface area contributed by atoms with Crippen LogP contribution in [0.4, 0.5) is 4.39 Å². The second-order valence-electron chi connectivity index (χ2n) is 2.48. The number of aliphatic hydroxyl groups is 1. The van der Waals surface area contributed by atoms with Crippen LogP contribution in [0.15, 0.2) is 18.2 Å². The van der Waals surface area contributed by atoms with E-state index in [4.69, 9.17) is 10.8 Å². The van der Waals surface area contributed by atoms with E-state index in [0.717, 1.165) is 0 Å². The summed E-state index contributed by atoms with van der Waals surface area (Å²) in [6, 6.07) is 4.42. The summed E-state index contributed by atoms with van der Waals surface area (Å²) in [5, 5.41) is 8.71. The molecule has 1 rings (SSSR count). The van der Waals surface area contributed by atoms with Gasteiger partial charge in [-0.3, -0.25) is 0 Å². The standard InChI is InChI=1S/C10H10FNO/c11-10-6-8(7-13)3-4-9(10)2-1-5-12/h3-4,6,13H,5,7,12H2. The lowest BCUT2D eigenvalue weighted by Gasteiger charge is -1.97. The van der Waals surface area contributed by atoms with Crippen molar-refractivity contribution in [2.24, 2.45) is 5.73 Å². The van der Waals surface area contributed by atoms with Crippen molar-refractivity contribution in [1.82, 2.24) is 0 Å². The van der Waals surface area contributed by atoms with Gasteiger partial charge in [-0.2, -0.15) is 0 Å². The third kappa shape index (κ3) is 2.55. The summed E-state index contributed by atoms with van der Waals surface area (Å²) in [5.41, 5.74) is 5.99. The van der Waals surface area contributed by atoms with Crippen molar-refractivity contribution in [2.45, 2.75) is 6.61 Å². The lowest BCUT2D eigenvalue weighted by atomic mass is 10.1. The minimum atomic E-state index is -0.424. The van der Waals surface area contributed by atoms with Gasteiger partial charge in [0.1, 0.15) is 5.82 Å². The van der Waals surface area contributed by atoms with E-state index in [2.05, 4.69) is 11.8 Å². The van der Waals surface area contributed by atoms with Crippen molar-refractivity contribution in [1.29, 1.82) is 0 Å². The monoisotopic (exact) mass is 179 g/mol. The second kappa shape index (κ2) is 4.61. The molecule has 68 valence electrons. The van der Waals surface area contributed by atoms with Gasteiger partial charge in [0, 0.05) is 0 Å². The maximum atomic E-state index is 13.1. The number of hydrogen-bond donors (Lipinski definition) is 2. The van der Waals surface area contributed by atoms with Crippen LogP contribution >= 0.6 is 0 Å². The minimum Gasteiger partial charge on any atom is -0.392 e. The van der Waals surface area contributed by atoms with Gasteiger partial charge >= 0.3 is 0 Å². The summed E-state index contributed by atoms with van der Waals surface area (Å²) in [6.07, 6.45) is 0. The van der Waals surface area contributed by atoms with Gasteiger partial charge in [0.15, 0.2) is 0 Å². The Bertz CT molecular complexity index is 352. The Morgan fingerprint density at radius 1 is 1.46 bits per heavy atom. The Balaban J connectivity index is 2.98. The lowest BCUT2D eigenvalue weighted by molar-refractivity contribution is 0.281. The van der Waals surface area contributed by atoms with Crippen LogP contribution in [0, 0.1) is 17.7 Å². The predicted octanol–water partition coefficient (Wildman–Crippen LogP) is 0.628. The van der Waals surface area contributed by atoms with Crippen LogP contribution < -0.4 is 5.73 Å². The van der Waals surface area contributed by atoms with Crippen molar-refractivity contribution < 1.29 is 9.50 Å². The average Bonchev–Trinajstić information content (AvgIpc) is 2.16. The highest BCUT2D eigenvalue weighted by atomic mass is 19.1. The minimum absolute atomic E-state index is 0.165. The van der Waals surface area contributed by atoms with Crippen molar-refractivity contribution in [3.05, 3.63) is 35.1 Å². The molecule has 0 atom stereocenters. The van der Waals surface area contributed by atoms with Crippen LogP contribution in [0.3, 0.4) is 0 Å². The van der Waals surface area contributed by atoms with Crippen LogP contribution in [0.25, 0.3) is 0 Å². The molecule has 1 aromatic rings. The molecule has 0 saturated carbocycles. The molecule has 0 amide bonds. The third-order valence-electron chi connectivity index (χ3n) is 1.54. The molecule has 0 saturated heterocycles. The van der Waals surface area contributed by atoms with Crippen LogP contribution in [0.1, 0.15) is 11.1 Å². The van der Waals surface area contributed by atoms with Gasteiger partial charge in [-0.05, 0) is 17.7 Å². The number of nitrogens with two attached hydrogens (primary N) is 1. The van der Waals surface area contributed by atoms with Gasteiger partial charge in [0.2, 0.25) is 0 Å². The Morgan fingerprint density at radius 2 is 2.23 bits per heavy atom. The predicted molar refractivity (Wildman–Crippen MR) is 48.3 cm³/mol. The molecule has 0 aliphatic heterocycles. The first-order valence-corrected chi connectivity index (χ1v) is 3.86. The SMILES string of the molecule is NCC#Cc1ccc(CO)cc1F. The van der Waals surface area contributed by atoms with Gasteiger partial charge in [-0.25, -0.2) is 4.39 Å². The molecule has 3 heteroatoms. The van der Waals surface area contributed by atoms with Crippen molar-refractivity contribution in [3.8, 4) is 11.8 Å². The first-order valence-electron chi connectivity index (χ1n) is 3.86. The smallest absolute Gasteiger partial charge is 0.139 e. The number of aliphatic hydroxyl groups excluding tert-OH is 1. The molecule has 0 radical (unpaired) electrons. The van der Waals surface area contributed by atoms with Crippen LogP contribution in [0.5, 0.6) is 0 Å². The van der Waals surface area contributed by atoms with Gasteiger partial charge in [0.05, 0.1) is 18.7 Å². The highest BCUT2D eigenvalue weighted by Gasteiger charge is 1.99. The van der Waals surface area contributed by atoms with E-state index in [1.807, 2.05) is 0 Å². The first-order chi connectivity index (χ1) is 6.27. The number of rotatable bonds is 1. The van der Waals surface area contributed by atoms with E-state index < -0.39 is 5.82 Å². The summed E-state index contributed by atoms with van der Waals surface area (Å²) in [5.74, 6) is 4.73. The Hall–Kier alpha value is -1.37. The summed E-state index contributed by atoms with van der Waals surface area (Å²) < 4.78 is 13.1. The number of benzene rings is 1. The van der Waals surface area contributed by atoms with E-state index >= 15 is 0 Å². The molecular weight excluding hydrogens is 169 g/mol. The summed E-state index contributed by atoms with van der Waals surface area (Å²) in [7, 11) is 0. The molecule has 0 fully saturated rings. The Kier molecular flexibility index (Phi) is 3.44. The lowest BCUT2D eigenvalue weighted by Crippen LogP contribution is -1.94. The normalized spacial score (nSPS) is 9.15. The fourth-order valence-corrected chi connectivity index (χ4v) is 0.905. The molecule has 13 heavy (non-hydrogen) atoms. The number of halogens is 1. The number of hydrogen-bond acceptors (Lipinski definition) is 2. The summed E-state index contributed by atoms with van der Waals surface area (Å²) >= 11 is 0. The van der Waals surface area contributed by atoms with Gasteiger partial charge in [0.25, 0.3) is 0 Å². The molecule has 0 heterocycles. The third-order valence-corrected chi connectivity index (χ3v) is 1.54. The zero-order valence-electron chi connectivity index (χ0n) is 7.05. The molecule has 0 aliphatic carbocycles. The molecule has 1 aromatic carbocycles. The van der Waals surface area contributed by atoms with Crippen molar-refractivity contribution in [3.63, 3.8) is 0 Å². The molecule has 0 aromatic heterocycles. The molecule has 3 N–H and O–H groups in total. The van der Waals surface area contributed by atoms with E-state index in [1.54, 1.807) is 6.07 Å². The van der Waals surface area contributed by atoms with Crippen molar-refractivity contribution in [2.75, 3.05) is 6.54 Å². The van der Waals surface area contributed by atoms with Crippen LogP contribution in [-0.2, 0) is 6.61 Å². The average molecular weight is 179 g/mol. The van der Waals surface area contributed by atoms with E-state index in [9.17, 15) is 4.39 Å². The molecule has 0 aliphatic rings. The fourth-order valence-electron chi connectivity index (χ4n) is 0.905. The second-order valence-corrected chi connectivity index (χ2v) is 2.48. The molecular formula is C10H10FNO. The van der Waals surface area contributed by atoms with Gasteiger partial charge in [-0.1, -0.05) is 17.9 Å². The molecule has 2 nitrogen and oxygen atoms in total. The summed E-state index contributed by atoms with van der Waals surface area (Å²) in [6.45, 7) is 0.0444. The highest BCUT2D eigenvalue weighted by molar-refractivity contribution is 5.37. The van der Waals surface area contributed by atoms with Gasteiger partial charge in [-0.15, -0.1) is 0 Å². The topological polar surface area (TPSA) is 46.2 Å². The van der Waals surface area contributed by atoms with Gasteiger partial charge < -0.3 is 10.8 Å². The fraction of sp³-hybridized carbons (Fsp3) is 0.200. The van der Waals surface area contributed by atoms with E-state index in [1.165, 1.54) is 12.1 Å².